The van der Waals surface area contributed by atoms with Gasteiger partial charge >= 0.3 is 0 Å². The lowest BCUT2D eigenvalue weighted by Crippen LogP contribution is -2.49. The van der Waals surface area contributed by atoms with Gasteiger partial charge in [-0.25, -0.2) is 0 Å². The molecule has 0 aromatic carbocycles. The van der Waals surface area contributed by atoms with Crippen LogP contribution in [0.1, 0.15) is 60.3 Å². The zero-order valence-corrected chi connectivity index (χ0v) is 12.5. The van der Waals surface area contributed by atoms with Gasteiger partial charge in [-0.15, -0.1) is 0 Å². The van der Waals surface area contributed by atoms with E-state index in [0.29, 0.717) is 12.1 Å². The molecule has 1 saturated heterocycles. The monoisotopic (exact) mass is 240 g/mol. The molecule has 0 spiro atoms. The molecular weight excluding hydrogens is 208 g/mol. The Morgan fingerprint density at radius 3 is 2.47 bits per heavy atom. The van der Waals surface area contributed by atoms with Crippen LogP contribution in [0.5, 0.6) is 0 Å². The maximum absolute atomic E-state index is 3.57. The van der Waals surface area contributed by atoms with E-state index in [9.17, 15) is 0 Å². The number of hydrogen-bond donors (Lipinski definition) is 1. The first-order chi connectivity index (χ1) is 8.06. The molecule has 0 radical (unpaired) electrons. The lowest BCUT2D eigenvalue weighted by molar-refractivity contribution is 0.0717. The predicted octanol–water partition coefficient (Wildman–Crippen LogP) is 3.27. The maximum atomic E-state index is 3.57. The minimum absolute atomic E-state index is 0.605. The third kappa shape index (κ3) is 4.59. The van der Waals surface area contributed by atoms with Crippen molar-refractivity contribution in [2.75, 3.05) is 13.1 Å². The quantitative estimate of drug-likeness (QED) is 0.766. The highest BCUT2D eigenvalue weighted by molar-refractivity contribution is 4.83. The molecule has 17 heavy (non-hydrogen) atoms. The van der Waals surface area contributed by atoms with Gasteiger partial charge in [0.25, 0.3) is 0 Å². The molecule has 1 rings (SSSR count). The highest BCUT2D eigenvalue weighted by atomic mass is 15.2. The number of piperidine rings is 1. The van der Waals surface area contributed by atoms with Crippen molar-refractivity contribution in [3.63, 3.8) is 0 Å². The summed E-state index contributed by atoms with van der Waals surface area (Å²) in [5.74, 6) is 0.740. The second-order valence-electron chi connectivity index (χ2n) is 6.08. The van der Waals surface area contributed by atoms with Crippen LogP contribution in [-0.4, -0.2) is 36.1 Å². The standard InChI is InChI=1S/C15H32N2/c1-6-15-9-7-8-10-17(15)14(5)13(4)11-16-12(2)3/h12-16H,6-11H2,1-5H3. The van der Waals surface area contributed by atoms with Gasteiger partial charge in [0.15, 0.2) is 0 Å². The van der Waals surface area contributed by atoms with E-state index in [0.717, 1.165) is 18.5 Å². The first-order valence-electron chi connectivity index (χ1n) is 7.55. The van der Waals surface area contributed by atoms with E-state index >= 15 is 0 Å². The Morgan fingerprint density at radius 1 is 1.18 bits per heavy atom. The van der Waals surface area contributed by atoms with Crippen LogP contribution in [0.25, 0.3) is 0 Å². The van der Waals surface area contributed by atoms with Crippen molar-refractivity contribution in [1.82, 2.24) is 10.2 Å². The summed E-state index contributed by atoms with van der Waals surface area (Å²) in [6, 6.07) is 2.15. The van der Waals surface area contributed by atoms with Crippen LogP contribution < -0.4 is 5.32 Å². The summed E-state index contributed by atoms with van der Waals surface area (Å²) in [6.07, 6.45) is 5.55. The molecule has 1 aliphatic rings. The summed E-state index contributed by atoms with van der Waals surface area (Å²) in [5.41, 5.74) is 0. The molecule has 1 aliphatic heterocycles. The summed E-state index contributed by atoms with van der Waals surface area (Å²) in [6.45, 7) is 14.1. The highest BCUT2D eigenvalue weighted by Gasteiger charge is 2.27. The van der Waals surface area contributed by atoms with E-state index in [1.165, 1.54) is 32.2 Å². The van der Waals surface area contributed by atoms with Crippen molar-refractivity contribution >= 4 is 0 Å². The first kappa shape index (κ1) is 15.0. The fraction of sp³-hybridized carbons (Fsp3) is 1.00. The summed E-state index contributed by atoms with van der Waals surface area (Å²) < 4.78 is 0. The first-order valence-corrected chi connectivity index (χ1v) is 7.55. The SMILES string of the molecule is CCC1CCCCN1C(C)C(C)CNC(C)C. The largest absolute Gasteiger partial charge is 0.314 e. The smallest absolute Gasteiger partial charge is 0.0108 e. The van der Waals surface area contributed by atoms with Crippen molar-refractivity contribution in [3.8, 4) is 0 Å². The summed E-state index contributed by atoms with van der Waals surface area (Å²) in [4.78, 5) is 2.76. The van der Waals surface area contributed by atoms with E-state index in [4.69, 9.17) is 0 Å². The molecule has 0 aromatic rings. The number of likely N-dealkylation sites (tertiary alicyclic amines) is 1. The molecule has 3 atom stereocenters. The Hall–Kier alpha value is -0.0800. The molecule has 1 heterocycles. The molecular formula is C15H32N2. The number of rotatable bonds is 6. The highest BCUT2D eigenvalue weighted by Crippen LogP contribution is 2.24. The molecule has 102 valence electrons. The fourth-order valence-electron chi connectivity index (χ4n) is 2.92. The molecule has 1 fully saturated rings. The zero-order chi connectivity index (χ0) is 12.8. The topological polar surface area (TPSA) is 15.3 Å². The second-order valence-corrected chi connectivity index (χ2v) is 6.08. The Balaban J connectivity index is 2.45. The average Bonchev–Trinajstić information content (AvgIpc) is 2.34. The van der Waals surface area contributed by atoms with Crippen LogP contribution in [0.15, 0.2) is 0 Å². The average molecular weight is 240 g/mol. The van der Waals surface area contributed by atoms with E-state index in [1.807, 2.05) is 0 Å². The second kappa shape index (κ2) is 7.38. The van der Waals surface area contributed by atoms with Crippen LogP contribution >= 0.6 is 0 Å². The summed E-state index contributed by atoms with van der Waals surface area (Å²) in [7, 11) is 0. The van der Waals surface area contributed by atoms with Crippen LogP contribution in [-0.2, 0) is 0 Å². The lowest BCUT2D eigenvalue weighted by atomic mass is 9.93. The molecule has 0 aliphatic carbocycles. The van der Waals surface area contributed by atoms with E-state index in [1.54, 1.807) is 0 Å². The summed E-state index contributed by atoms with van der Waals surface area (Å²) in [5, 5.41) is 3.57. The van der Waals surface area contributed by atoms with Crippen molar-refractivity contribution in [2.45, 2.75) is 78.4 Å². The van der Waals surface area contributed by atoms with Gasteiger partial charge in [0.2, 0.25) is 0 Å². The van der Waals surface area contributed by atoms with Crippen molar-refractivity contribution in [1.29, 1.82) is 0 Å². The molecule has 1 N–H and O–H groups in total. The van der Waals surface area contributed by atoms with Crippen molar-refractivity contribution in [2.24, 2.45) is 5.92 Å². The normalized spacial score (nSPS) is 26.1. The third-order valence-electron chi connectivity index (χ3n) is 4.34. The minimum atomic E-state index is 0.605. The lowest BCUT2D eigenvalue weighted by Gasteiger charge is -2.42. The van der Waals surface area contributed by atoms with E-state index in [2.05, 4.69) is 44.8 Å². The van der Waals surface area contributed by atoms with Gasteiger partial charge in [0.1, 0.15) is 0 Å². The zero-order valence-electron chi connectivity index (χ0n) is 12.5. The predicted molar refractivity (Wildman–Crippen MR) is 76.4 cm³/mol. The Morgan fingerprint density at radius 2 is 1.88 bits per heavy atom. The molecule has 3 unspecified atom stereocenters. The molecule has 0 amide bonds. The molecule has 0 aromatic heterocycles. The Kier molecular flexibility index (Phi) is 6.50. The van der Waals surface area contributed by atoms with Crippen LogP contribution in [0.4, 0.5) is 0 Å². The van der Waals surface area contributed by atoms with Gasteiger partial charge in [-0.2, -0.15) is 0 Å². The van der Waals surface area contributed by atoms with Crippen LogP contribution in [0.2, 0.25) is 0 Å². The van der Waals surface area contributed by atoms with Crippen LogP contribution in [0.3, 0.4) is 0 Å². The molecule has 0 bridgehead atoms. The van der Waals surface area contributed by atoms with E-state index in [-0.39, 0.29) is 0 Å². The fourth-order valence-corrected chi connectivity index (χ4v) is 2.92. The number of nitrogens with one attached hydrogen (secondary N) is 1. The summed E-state index contributed by atoms with van der Waals surface area (Å²) >= 11 is 0. The minimum Gasteiger partial charge on any atom is -0.314 e. The van der Waals surface area contributed by atoms with Gasteiger partial charge in [-0.05, 0) is 45.2 Å². The molecule has 0 saturated carbocycles. The van der Waals surface area contributed by atoms with E-state index < -0.39 is 0 Å². The van der Waals surface area contributed by atoms with Crippen LogP contribution in [0, 0.1) is 5.92 Å². The van der Waals surface area contributed by atoms with Gasteiger partial charge in [0, 0.05) is 18.1 Å². The third-order valence-corrected chi connectivity index (χ3v) is 4.34. The Labute approximate surface area is 108 Å². The maximum Gasteiger partial charge on any atom is 0.0108 e. The number of hydrogen-bond acceptors (Lipinski definition) is 2. The van der Waals surface area contributed by atoms with Gasteiger partial charge in [0.05, 0.1) is 0 Å². The van der Waals surface area contributed by atoms with Gasteiger partial charge < -0.3 is 5.32 Å². The molecule has 2 nitrogen and oxygen atoms in total. The van der Waals surface area contributed by atoms with Gasteiger partial charge in [-0.3, -0.25) is 4.90 Å². The van der Waals surface area contributed by atoms with Crippen molar-refractivity contribution in [3.05, 3.63) is 0 Å². The Bertz CT molecular complexity index is 203. The number of nitrogens with zero attached hydrogens (tertiary/aromatic N) is 1. The molecule has 2 heteroatoms. The van der Waals surface area contributed by atoms with Crippen molar-refractivity contribution < 1.29 is 0 Å². The van der Waals surface area contributed by atoms with Gasteiger partial charge in [-0.1, -0.05) is 34.1 Å².